The summed E-state index contributed by atoms with van der Waals surface area (Å²) >= 11 is 0. The minimum absolute atomic E-state index is 0.219. The molecule has 0 unspecified atom stereocenters. The van der Waals surface area contributed by atoms with Gasteiger partial charge in [0.05, 0.1) is 19.0 Å². The number of hydrogen-bond acceptors (Lipinski definition) is 7. The second kappa shape index (κ2) is 8.53. The molecule has 0 amide bonds. The van der Waals surface area contributed by atoms with Gasteiger partial charge in [0.15, 0.2) is 6.10 Å². The summed E-state index contributed by atoms with van der Waals surface area (Å²) in [4.78, 5) is 15.8. The van der Waals surface area contributed by atoms with E-state index in [2.05, 4.69) is 4.98 Å². The second-order valence-corrected chi connectivity index (χ2v) is 7.82. The first-order valence-electron chi connectivity index (χ1n) is 8.79. The molecule has 2 aromatic rings. The third-order valence-corrected chi connectivity index (χ3v) is 5.38. The van der Waals surface area contributed by atoms with Crippen molar-refractivity contribution in [2.45, 2.75) is 38.4 Å². The van der Waals surface area contributed by atoms with Gasteiger partial charge in [0.25, 0.3) is 0 Å². The predicted molar refractivity (Wildman–Crippen MR) is 97.1 cm³/mol. The Hall–Kier alpha value is -2.39. The second-order valence-electron chi connectivity index (χ2n) is 6.20. The predicted octanol–water partition coefficient (Wildman–Crippen LogP) is 2.08. The summed E-state index contributed by atoms with van der Waals surface area (Å²) in [5, 5.41) is 0. The molecular weight excluding hydrogens is 372 g/mol. The van der Waals surface area contributed by atoms with Crippen LogP contribution in [0.25, 0.3) is 5.69 Å². The molecule has 146 valence electrons. The zero-order chi connectivity index (χ0) is 19.3. The Labute approximate surface area is 158 Å². The molecule has 0 spiro atoms. The highest BCUT2D eigenvalue weighted by molar-refractivity contribution is 7.87. The van der Waals surface area contributed by atoms with Crippen molar-refractivity contribution in [1.82, 2.24) is 9.55 Å². The molecule has 1 aliphatic heterocycles. The highest BCUT2D eigenvalue weighted by Crippen LogP contribution is 2.23. The zero-order valence-corrected chi connectivity index (χ0v) is 15.8. The standard InChI is InChI=1S/C18H22N2O6S/c1-2-24-18(21)17-5-3-4-16(25-17)12-27(22,23)26-15-8-6-14(7-9-15)20-11-10-19-13-20/h6-11,13,16-17H,2-5,12H2,1H3/t16-,17-/m0/s1. The Balaban J connectivity index is 1.59. The molecule has 1 aliphatic rings. The van der Waals surface area contributed by atoms with Crippen molar-refractivity contribution in [3.63, 3.8) is 0 Å². The highest BCUT2D eigenvalue weighted by atomic mass is 32.2. The average molecular weight is 394 g/mol. The highest BCUT2D eigenvalue weighted by Gasteiger charge is 2.32. The third kappa shape index (κ3) is 5.30. The van der Waals surface area contributed by atoms with Crippen LogP contribution in [0.1, 0.15) is 26.2 Å². The van der Waals surface area contributed by atoms with Gasteiger partial charge in [-0.1, -0.05) is 0 Å². The fourth-order valence-electron chi connectivity index (χ4n) is 2.92. The fraction of sp³-hybridized carbons (Fsp3) is 0.444. The van der Waals surface area contributed by atoms with Crippen LogP contribution in [-0.2, 0) is 24.4 Å². The smallest absolute Gasteiger partial charge is 0.335 e. The third-order valence-electron chi connectivity index (χ3n) is 4.15. The van der Waals surface area contributed by atoms with Crippen molar-refractivity contribution >= 4 is 16.1 Å². The Morgan fingerprint density at radius 1 is 1.30 bits per heavy atom. The average Bonchev–Trinajstić information content (AvgIpc) is 3.17. The number of benzene rings is 1. The largest absolute Gasteiger partial charge is 0.464 e. The van der Waals surface area contributed by atoms with Crippen LogP contribution in [0.5, 0.6) is 5.75 Å². The number of hydrogen-bond donors (Lipinski definition) is 0. The van der Waals surface area contributed by atoms with E-state index in [1.807, 2.05) is 0 Å². The number of aromatic nitrogens is 2. The Morgan fingerprint density at radius 3 is 2.74 bits per heavy atom. The first-order valence-corrected chi connectivity index (χ1v) is 10.4. The lowest BCUT2D eigenvalue weighted by Gasteiger charge is -2.28. The Morgan fingerprint density at radius 2 is 2.07 bits per heavy atom. The molecule has 1 aromatic heterocycles. The number of imidazole rings is 1. The van der Waals surface area contributed by atoms with Crippen LogP contribution >= 0.6 is 0 Å². The van der Waals surface area contributed by atoms with Crippen LogP contribution in [0.3, 0.4) is 0 Å². The van der Waals surface area contributed by atoms with E-state index in [1.54, 1.807) is 54.5 Å². The molecule has 0 N–H and O–H groups in total. The van der Waals surface area contributed by atoms with Crippen LogP contribution in [0, 0.1) is 0 Å². The minimum atomic E-state index is -3.86. The van der Waals surface area contributed by atoms with Crippen molar-refractivity contribution < 1.29 is 26.9 Å². The van der Waals surface area contributed by atoms with E-state index in [4.69, 9.17) is 13.7 Å². The topological polar surface area (TPSA) is 96.7 Å². The van der Waals surface area contributed by atoms with Gasteiger partial charge >= 0.3 is 16.1 Å². The first kappa shape index (κ1) is 19.4. The molecule has 0 aliphatic carbocycles. The van der Waals surface area contributed by atoms with E-state index in [-0.39, 0.29) is 18.1 Å². The fourth-order valence-corrected chi connectivity index (χ4v) is 4.10. The Bertz CT molecular complexity index is 848. The quantitative estimate of drug-likeness (QED) is 0.524. The lowest BCUT2D eigenvalue weighted by molar-refractivity contribution is -0.164. The molecule has 1 aromatic carbocycles. The van der Waals surface area contributed by atoms with E-state index in [0.717, 1.165) is 5.69 Å². The van der Waals surface area contributed by atoms with E-state index >= 15 is 0 Å². The summed E-state index contributed by atoms with van der Waals surface area (Å²) in [5.74, 6) is -0.543. The van der Waals surface area contributed by atoms with Gasteiger partial charge in [-0.2, -0.15) is 8.42 Å². The number of esters is 1. The SMILES string of the molecule is CCOC(=O)[C@@H]1CCC[C@@H](CS(=O)(=O)Oc2ccc(-n3ccnc3)cc2)O1. The summed E-state index contributed by atoms with van der Waals surface area (Å²) < 4.78 is 42.2. The van der Waals surface area contributed by atoms with Gasteiger partial charge in [0.2, 0.25) is 0 Å². The number of nitrogens with zero attached hydrogens (tertiary/aromatic N) is 2. The van der Waals surface area contributed by atoms with Crippen LogP contribution in [-0.4, -0.2) is 48.5 Å². The molecule has 3 rings (SSSR count). The summed E-state index contributed by atoms with van der Waals surface area (Å²) in [5.41, 5.74) is 0.838. The van der Waals surface area contributed by atoms with Crippen LogP contribution in [0.4, 0.5) is 0 Å². The normalized spacial score (nSPS) is 20.2. The molecular formula is C18H22N2O6S. The van der Waals surface area contributed by atoms with Crippen molar-refractivity contribution in [2.24, 2.45) is 0 Å². The van der Waals surface area contributed by atoms with Crippen molar-refractivity contribution in [3.8, 4) is 11.4 Å². The van der Waals surface area contributed by atoms with Crippen molar-refractivity contribution in [2.75, 3.05) is 12.4 Å². The first-order chi connectivity index (χ1) is 13.0. The van der Waals surface area contributed by atoms with Crippen LogP contribution in [0.2, 0.25) is 0 Å². The number of ether oxygens (including phenoxy) is 2. The van der Waals surface area contributed by atoms with Gasteiger partial charge in [0.1, 0.15) is 11.5 Å². The van der Waals surface area contributed by atoms with Gasteiger partial charge < -0.3 is 18.2 Å². The van der Waals surface area contributed by atoms with E-state index in [9.17, 15) is 13.2 Å². The van der Waals surface area contributed by atoms with Gasteiger partial charge in [-0.25, -0.2) is 9.78 Å². The van der Waals surface area contributed by atoms with Crippen molar-refractivity contribution in [1.29, 1.82) is 0 Å². The number of carbonyl (C=O) groups excluding carboxylic acids is 1. The molecule has 2 atom stereocenters. The maximum Gasteiger partial charge on any atom is 0.335 e. The molecule has 0 bridgehead atoms. The van der Waals surface area contributed by atoms with E-state index in [0.29, 0.717) is 19.3 Å². The van der Waals surface area contributed by atoms with Crippen LogP contribution < -0.4 is 4.18 Å². The van der Waals surface area contributed by atoms with Crippen molar-refractivity contribution in [3.05, 3.63) is 43.0 Å². The Kier molecular flexibility index (Phi) is 6.12. The zero-order valence-electron chi connectivity index (χ0n) is 15.0. The lowest BCUT2D eigenvalue weighted by Crippen LogP contribution is -2.38. The van der Waals surface area contributed by atoms with Gasteiger partial charge in [-0.3, -0.25) is 0 Å². The summed E-state index contributed by atoms with van der Waals surface area (Å²) in [7, 11) is -3.86. The minimum Gasteiger partial charge on any atom is -0.464 e. The summed E-state index contributed by atoms with van der Waals surface area (Å²) in [6.45, 7) is 1.98. The summed E-state index contributed by atoms with van der Waals surface area (Å²) in [6, 6.07) is 6.63. The molecule has 27 heavy (non-hydrogen) atoms. The molecule has 9 heteroatoms. The summed E-state index contributed by atoms with van der Waals surface area (Å²) in [6.07, 6.45) is 5.56. The monoisotopic (exact) mass is 394 g/mol. The molecule has 0 radical (unpaired) electrons. The number of carbonyl (C=O) groups is 1. The van der Waals surface area contributed by atoms with Crippen LogP contribution in [0.15, 0.2) is 43.0 Å². The number of rotatable bonds is 7. The van der Waals surface area contributed by atoms with Gasteiger partial charge in [0, 0.05) is 18.1 Å². The molecule has 8 nitrogen and oxygen atoms in total. The van der Waals surface area contributed by atoms with E-state index in [1.165, 1.54) is 0 Å². The maximum atomic E-state index is 12.4. The molecule has 0 saturated carbocycles. The maximum absolute atomic E-state index is 12.4. The van der Waals surface area contributed by atoms with Gasteiger partial charge in [-0.15, -0.1) is 0 Å². The molecule has 1 saturated heterocycles. The van der Waals surface area contributed by atoms with Gasteiger partial charge in [-0.05, 0) is 50.5 Å². The molecule has 1 fully saturated rings. The van der Waals surface area contributed by atoms with E-state index < -0.39 is 28.3 Å². The lowest BCUT2D eigenvalue weighted by atomic mass is 10.1. The molecule has 2 heterocycles.